The molecule has 152 valence electrons. The fraction of sp³-hybridized carbons (Fsp3) is 0.235. The number of primary sulfonamides is 1. The Morgan fingerprint density at radius 2 is 1.75 bits per heavy atom. The fourth-order valence-electron chi connectivity index (χ4n) is 2.42. The van der Waals surface area contributed by atoms with E-state index < -0.39 is 26.0 Å². The van der Waals surface area contributed by atoms with E-state index in [1.807, 2.05) is 0 Å². The van der Waals surface area contributed by atoms with E-state index in [2.05, 4.69) is 10.1 Å². The Kier molecular flexibility index (Phi) is 6.44. The van der Waals surface area contributed by atoms with Gasteiger partial charge in [0.15, 0.2) is 0 Å². The van der Waals surface area contributed by atoms with Crippen molar-refractivity contribution in [3.63, 3.8) is 0 Å². The number of benzene rings is 2. The summed E-state index contributed by atoms with van der Waals surface area (Å²) in [7, 11) is -3.65. The normalized spacial score (nSPS) is 12.0. The lowest BCUT2D eigenvalue weighted by Gasteiger charge is -2.17. The van der Waals surface area contributed by atoms with Crippen LogP contribution in [0, 0.1) is 0 Å². The van der Waals surface area contributed by atoms with Gasteiger partial charge in [0.2, 0.25) is 20.0 Å². The monoisotopic (exact) mass is 427 g/mol. The number of hydrogen-bond acceptors (Lipinski definition) is 7. The SMILES string of the molecule is COC(=O)c1cc(S(N)(=O)=O)ccc1NCc1ccccc1S(=O)(=O)N(C)C. The standard InChI is InChI=1S/C17H21N3O6S2/c1-20(2)28(24,25)16-7-5-4-6-12(16)11-19-15-9-8-13(27(18,22)23)10-14(15)17(21)26-3/h4-10,19H,11H2,1-3H3,(H2,18,22,23). The van der Waals surface area contributed by atoms with Crippen LogP contribution in [0.1, 0.15) is 15.9 Å². The van der Waals surface area contributed by atoms with Crippen molar-refractivity contribution in [1.29, 1.82) is 0 Å². The molecule has 0 unspecified atom stereocenters. The zero-order valence-corrected chi connectivity index (χ0v) is 17.2. The molecule has 0 fully saturated rings. The molecule has 3 N–H and O–H groups in total. The molecule has 0 aromatic heterocycles. The maximum absolute atomic E-state index is 12.5. The molecule has 0 saturated heterocycles. The summed E-state index contributed by atoms with van der Waals surface area (Å²) in [5.41, 5.74) is 0.709. The van der Waals surface area contributed by atoms with Gasteiger partial charge in [-0.3, -0.25) is 0 Å². The van der Waals surface area contributed by atoms with E-state index >= 15 is 0 Å². The first-order valence-electron chi connectivity index (χ1n) is 7.98. The highest BCUT2D eigenvalue weighted by atomic mass is 32.2. The number of rotatable bonds is 7. The van der Waals surface area contributed by atoms with Gasteiger partial charge >= 0.3 is 5.97 Å². The number of nitrogens with zero attached hydrogens (tertiary/aromatic N) is 1. The number of sulfonamides is 2. The summed E-state index contributed by atoms with van der Waals surface area (Å²) >= 11 is 0. The second kappa shape index (κ2) is 8.27. The van der Waals surface area contributed by atoms with Crippen LogP contribution in [0.25, 0.3) is 0 Å². The number of carbonyl (C=O) groups excluding carboxylic acids is 1. The minimum atomic E-state index is -4.01. The summed E-state index contributed by atoms with van der Waals surface area (Å²) in [6.07, 6.45) is 0. The van der Waals surface area contributed by atoms with Crippen LogP contribution in [-0.2, 0) is 31.3 Å². The van der Waals surface area contributed by atoms with Gasteiger partial charge in [-0.05, 0) is 29.8 Å². The molecule has 0 aliphatic rings. The summed E-state index contributed by atoms with van der Waals surface area (Å²) in [5.74, 6) is -0.762. The van der Waals surface area contributed by atoms with Crippen LogP contribution in [0.3, 0.4) is 0 Å². The van der Waals surface area contributed by atoms with Crippen molar-refractivity contribution in [3.8, 4) is 0 Å². The third-order valence-electron chi connectivity index (χ3n) is 3.93. The predicted octanol–water partition coefficient (Wildman–Crippen LogP) is 0.983. The second-order valence-electron chi connectivity index (χ2n) is 5.99. The van der Waals surface area contributed by atoms with Gasteiger partial charge < -0.3 is 10.1 Å². The lowest BCUT2D eigenvalue weighted by molar-refractivity contribution is 0.0601. The summed E-state index contributed by atoms with van der Waals surface area (Å²) in [5, 5.41) is 8.06. The first-order chi connectivity index (χ1) is 13.0. The van der Waals surface area contributed by atoms with Gasteiger partial charge in [0, 0.05) is 26.3 Å². The number of esters is 1. The molecule has 9 nitrogen and oxygen atoms in total. The quantitative estimate of drug-likeness (QED) is 0.629. The molecule has 2 rings (SSSR count). The van der Waals surface area contributed by atoms with E-state index in [0.29, 0.717) is 5.56 Å². The van der Waals surface area contributed by atoms with E-state index in [4.69, 9.17) is 5.14 Å². The Morgan fingerprint density at radius 3 is 2.32 bits per heavy atom. The topological polar surface area (TPSA) is 136 Å². The van der Waals surface area contributed by atoms with Crippen molar-refractivity contribution in [1.82, 2.24) is 4.31 Å². The highest BCUT2D eigenvalue weighted by Gasteiger charge is 2.21. The van der Waals surface area contributed by atoms with Crippen LogP contribution in [0.4, 0.5) is 5.69 Å². The molecule has 0 aliphatic carbocycles. The molecule has 0 radical (unpaired) electrons. The Labute approximate surface area is 164 Å². The second-order valence-corrected chi connectivity index (χ2v) is 9.67. The molecule has 28 heavy (non-hydrogen) atoms. The molecular formula is C17H21N3O6S2. The number of methoxy groups -OCH3 is 1. The van der Waals surface area contributed by atoms with Crippen molar-refractivity contribution >= 4 is 31.7 Å². The highest BCUT2D eigenvalue weighted by Crippen LogP contribution is 2.24. The molecule has 0 saturated carbocycles. The Hall–Kier alpha value is -2.47. The number of anilines is 1. The number of hydrogen-bond donors (Lipinski definition) is 2. The van der Waals surface area contributed by atoms with Crippen LogP contribution in [0.5, 0.6) is 0 Å². The minimum Gasteiger partial charge on any atom is -0.465 e. The molecule has 0 spiro atoms. The van der Waals surface area contributed by atoms with Crippen LogP contribution in [0.15, 0.2) is 52.3 Å². The van der Waals surface area contributed by atoms with Crippen LogP contribution in [0.2, 0.25) is 0 Å². The van der Waals surface area contributed by atoms with Crippen LogP contribution >= 0.6 is 0 Å². The Morgan fingerprint density at radius 1 is 1.11 bits per heavy atom. The first-order valence-corrected chi connectivity index (χ1v) is 11.0. The zero-order valence-electron chi connectivity index (χ0n) is 15.5. The number of carbonyl (C=O) groups is 1. The van der Waals surface area contributed by atoms with E-state index in [-0.39, 0.29) is 27.6 Å². The van der Waals surface area contributed by atoms with Crippen molar-refractivity contribution < 1.29 is 26.4 Å². The van der Waals surface area contributed by atoms with Gasteiger partial charge in [0.05, 0.1) is 22.5 Å². The summed E-state index contributed by atoms with van der Waals surface area (Å²) in [6.45, 7) is 0.0714. The van der Waals surface area contributed by atoms with Gasteiger partial charge in [-0.1, -0.05) is 18.2 Å². The minimum absolute atomic E-state index is 0.0398. The average Bonchev–Trinajstić information content (AvgIpc) is 2.64. The van der Waals surface area contributed by atoms with Crippen LogP contribution < -0.4 is 10.5 Å². The van der Waals surface area contributed by atoms with Crippen molar-refractivity contribution in [3.05, 3.63) is 53.6 Å². The van der Waals surface area contributed by atoms with Crippen molar-refractivity contribution in [2.24, 2.45) is 5.14 Å². The molecule has 0 amide bonds. The van der Waals surface area contributed by atoms with E-state index in [1.165, 1.54) is 32.3 Å². The third kappa shape index (κ3) is 4.68. The summed E-state index contributed by atoms with van der Waals surface area (Å²) in [6, 6.07) is 10.1. The van der Waals surface area contributed by atoms with E-state index in [9.17, 15) is 21.6 Å². The molecule has 2 aromatic carbocycles. The largest absolute Gasteiger partial charge is 0.465 e. The molecular weight excluding hydrogens is 406 g/mol. The number of nitrogens with one attached hydrogen (secondary N) is 1. The Bertz CT molecular complexity index is 1100. The van der Waals surface area contributed by atoms with Gasteiger partial charge in [-0.2, -0.15) is 0 Å². The van der Waals surface area contributed by atoms with Gasteiger partial charge in [-0.15, -0.1) is 0 Å². The molecule has 11 heteroatoms. The molecule has 2 aromatic rings. The van der Waals surface area contributed by atoms with Crippen molar-refractivity contribution in [2.75, 3.05) is 26.5 Å². The maximum atomic E-state index is 12.5. The molecule has 0 aliphatic heterocycles. The Balaban J connectivity index is 2.42. The predicted molar refractivity (Wildman–Crippen MR) is 104 cm³/mol. The smallest absolute Gasteiger partial charge is 0.340 e. The van der Waals surface area contributed by atoms with Crippen molar-refractivity contribution in [2.45, 2.75) is 16.3 Å². The first kappa shape index (κ1) is 21.8. The number of ether oxygens (including phenoxy) is 1. The fourth-order valence-corrected chi connectivity index (χ4v) is 4.08. The molecule has 0 heterocycles. The van der Waals surface area contributed by atoms with E-state index in [1.54, 1.807) is 18.2 Å². The summed E-state index contributed by atoms with van der Waals surface area (Å²) in [4.78, 5) is 11.9. The van der Waals surface area contributed by atoms with Gasteiger partial charge in [0.1, 0.15) is 0 Å². The lowest BCUT2D eigenvalue weighted by Crippen LogP contribution is -2.24. The maximum Gasteiger partial charge on any atom is 0.340 e. The lowest BCUT2D eigenvalue weighted by atomic mass is 10.1. The highest BCUT2D eigenvalue weighted by molar-refractivity contribution is 7.89. The van der Waals surface area contributed by atoms with Crippen LogP contribution in [-0.4, -0.2) is 48.3 Å². The molecule has 0 atom stereocenters. The third-order valence-corrected chi connectivity index (χ3v) is 6.75. The van der Waals surface area contributed by atoms with Gasteiger partial charge in [0.25, 0.3) is 0 Å². The summed E-state index contributed by atoms with van der Waals surface area (Å²) < 4.78 is 53.8. The zero-order chi connectivity index (χ0) is 21.1. The van der Waals surface area contributed by atoms with Gasteiger partial charge in [-0.25, -0.2) is 31.1 Å². The average molecular weight is 428 g/mol. The molecule has 0 bridgehead atoms. The number of nitrogens with two attached hydrogens (primary N) is 1. The van der Waals surface area contributed by atoms with E-state index in [0.717, 1.165) is 17.5 Å².